The first kappa shape index (κ1) is 13.4. The molecular weight excluding hydrogens is 316 g/mol. The van der Waals surface area contributed by atoms with E-state index in [4.69, 9.17) is 4.98 Å². The zero-order valence-electron chi connectivity index (χ0n) is 11.8. The van der Waals surface area contributed by atoms with Gasteiger partial charge < -0.3 is 14.9 Å². The van der Waals surface area contributed by atoms with Gasteiger partial charge >= 0.3 is 0 Å². The number of aromatic amines is 1. The van der Waals surface area contributed by atoms with E-state index in [1.54, 1.807) is 0 Å². The van der Waals surface area contributed by atoms with E-state index in [2.05, 4.69) is 55.9 Å². The Kier molecular flexibility index (Phi) is 3.40. The van der Waals surface area contributed by atoms with Gasteiger partial charge in [-0.15, -0.1) is 0 Å². The number of aryl methyl sites for hydroxylation is 1. The van der Waals surface area contributed by atoms with Gasteiger partial charge in [0.05, 0.1) is 6.54 Å². The van der Waals surface area contributed by atoms with Crippen LogP contribution >= 0.6 is 15.9 Å². The number of rotatable bonds is 3. The van der Waals surface area contributed by atoms with Crippen LogP contribution in [0.5, 0.6) is 0 Å². The first-order valence-electron chi connectivity index (χ1n) is 6.57. The van der Waals surface area contributed by atoms with Crippen LogP contribution in [-0.2, 0) is 13.6 Å². The molecule has 0 spiro atoms. The predicted molar refractivity (Wildman–Crippen MR) is 85.7 cm³/mol. The average molecular weight is 333 g/mol. The Morgan fingerprint density at radius 2 is 2.10 bits per heavy atom. The van der Waals surface area contributed by atoms with Crippen molar-refractivity contribution in [3.63, 3.8) is 0 Å². The molecule has 2 heterocycles. The van der Waals surface area contributed by atoms with E-state index in [1.807, 2.05) is 20.2 Å². The minimum Gasteiger partial charge on any atom is -0.358 e. The molecule has 0 saturated heterocycles. The number of para-hydroxylation sites is 1. The Bertz CT molecular complexity index is 770. The van der Waals surface area contributed by atoms with E-state index in [9.17, 15) is 0 Å². The Morgan fingerprint density at radius 3 is 2.85 bits per heavy atom. The quantitative estimate of drug-likeness (QED) is 0.772. The number of fused-ring (bicyclic) bond motifs is 1. The fraction of sp³-hybridized carbons (Fsp3) is 0.267. The number of hydrogen-bond donors (Lipinski definition) is 2. The molecule has 2 aromatic heterocycles. The molecule has 3 rings (SSSR count). The summed E-state index contributed by atoms with van der Waals surface area (Å²) in [6.07, 6.45) is 0. The third kappa shape index (κ3) is 1.98. The second-order valence-electron chi connectivity index (χ2n) is 4.93. The minimum atomic E-state index is 0.747. The molecule has 1 aromatic carbocycles. The zero-order chi connectivity index (χ0) is 14.3. The normalized spacial score (nSPS) is 11.4. The summed E-state index contributed by atoms with van der Waals surface area (Å²) in [4.78, 5) is 8.21. The van der Waals surface area contributed by atoms with Crippen molar-refractivity contribution < 1.29 is 0 Å². The van der Waals surface area contributed by atoms with E-state index in [0.29, 0.717) is 0 Å². The van der Waals surface area contributed by atoms with Crippen LogP contribution in [0.3, 0.4) is 0 Å². The highest BCUT2D eigenvalue weighted by molar-refractivity contribution is 9.10. The molecule has 0 unspecified atom stereocenters. The Morgan fingerprint density at radius 1 is 1.35 bits per heavy atom. The van der Waals surface area contributed by atoms with Crippen LogP contribution in [0.25, 0.3) is 22.2 Å². The van der Waals surface area contributed by atoms with Gasteiger partial charge in [0.2, 0.25) is 0 Å². The summed E-state index contributed by atoms with van der Waals surface area (Å²) in [5.74, 6) is 1.01. The molecule has 4 nitrogen and oxygen atoms in total. The highest BCUT2D eigenvalue weighted by Gasteiger charge is 2.19. The maximum Gasteiger partial charge on any atom is 0.124 e. The molecular formula is C15H17BrN4. The topological polar surface area (TPSA) is 45.6 Å². The largest absolute Gasteiger partial charge is 0.358 e. The molecule has 3 aromatic rings. The number of H-pyrrole nitrogens is 1. The van der Waals surface area contributed by atoms with E-state index >= 15 is 0 Å². The molecule has 0 aliphatic rings. The SMILES string of the molecule is CNCc1nc(-c2c(C)[nH]c3ccccc23)c(Br)n1C. The fourth-order valence-electron chi connectivity index (χ4n) is 2.58. The highest BCUT2D eigenvalue weighted by atomic mass is 79.9. The van der Waals surface area contributed by atoms with Crippen molar-refractivity contribution in [1.82, 2.24) is 19.9 Å². The van der Waals surface area contributed by atoms with Crippen molar-refractivity contribution in [2.45, 2.75) is 13.5 Å². The second-order valence-corrected chi connectivity index (χ2v) is 5.68. The van der Waals surface area contributed by atoms with Crippen molar-refractivity contribution in [2.24, 2.45) is 7.05 Å². The number of halogens is 1. The summed E-state index contributed by atoms with van der Waals surface area (Å²) in [5.41, 5.74) is 4.45. The monoisotopic (exact) mass is 332 g/mol. The van der Waals surface area contributed by atoms with Crippen LogP contribution in [0.1, 0.15) is 11.5 Å². The van der Waals surface area contributed by atoms with Gasteiger partial charge in [-0.05, 0) is 36.0 Å². The molecule has 20 heavy (non-hydrogen) atoms. The van der Waals surface area contributed by atoms with E-state index < -0.39 is 0 Å². The van der Waals surface area contributed by atoms with Gasteiger partial charge in [-0.25, -0.2) is 4.98 Å². The lowest BCUT2D eigenvalue weighted by Crippen LogP contribution is -2.10. The lowest BCUT2D eigenvalue weighted by molar-refractivity contribution is 0.704. The van der Waals surface area contributed by atoms with E-state index in [-0.39, 0.29) is 0 Å². The van der Waals surface area contributed by atoms with Crippen LogP contribution in [0, 0.1) is 6.92 Å². The van der Waals surface area contributed by atoms with Gasteiger partial charge in [-0.3, -0.25) is 0 Å². The minimum absolute atomic E-state index is 0.747. The third-order valence-corrected chi connectivity index (χ3v) is 4.49. The lowest BCUT2D eigenvalue weighted by atomic mass is 10.1. The first-order valence-corrected chi connectivity index (χ1v) is 7.36. The highest BCUT2D eigenvalue weighted by Crippen LogP contribution is 2.35. The van der Waals surface area contributed by atoms with Gasteiger partial charge in [0, 0.05) is 29.2 Å². The molecule has 0 saturated carbocycles. The van der Waals surface area contributed by atoms with Gasteiger partial charge in [0.1, 0.15) is 16.1 Å². The third-order valence-electron chi connectivity index (χ3n) is 3.58. The van der Waals surface area contributed by atoms with Crippen molar-refractivity contribution in [3.8, 4) is 11.3 Å². The van der Waals surface area contributed by atoms with Gasteiger partial charge in [0.25, 0.3) is 0 Å². The molecule has 0 bridgehead atoms. The van der Waals surface area contributed by atoms with Crippen molar-refractivity contribution in [3.05, 3.63) is 40.4 Å². The summed E-state index contributed by atoms with van der Waals surface area (Å²) in [5, 5.41) is 4.36. The maximum atomic E-state index is 4.79. The van der Waals surface area contributed by atoms with Gasteiger partial charge in [0.15, 0.2) is 0 Å². The maximum absolute atomic E-state index is 4.79. The van der Waals surface area contributed by atoms with Crippen LogP contribution < -0.4 is 5.32 Å². The lowest BCUT2D eigenvalue weighted by Gasteiger charge is -2.00. The number of hydrogen-bond acceptors (Lipinski definition) is 2. The first-order chi connectivity index (χ1) is 9.63. The van der Waals surface area contributed by atoms with Crippen LogP contribution in [-0.4, -0.2) is 21.6 Å². The Hall–Kier alpha value is -1.59. The number of benzene rings is 1. The molecule has 2 N–H and O–H groups in total. The number of nitrogens with one attached hydrogen (secondary N) is 2. The predicted octanol–water partition coefficient (Wildman–Crippen LogP) is 3.36. The van der Waals surface area contributed by atoms with Crippen molar-refractivity contribution >= 4 is 26.8 Å². The average Bonchev–Trinajstić information content (AvgIpc) is 2.90. The molecule has 0 aliphatic carbocycles. The summed E-state index contributed by atoms with van der Waals surface area (Å²) in [6.45, 7) is 2.84. The van der Waals surface area contributed by atoms with Gasteiger partial charge in [-0.2, -0.15) is 0 Å². The summed E-state index contributed by atoms with van der Waals surface area (Å²) in [6, 6.07) is 8.33. The molecule has 0 atom stereocenters. The second kappa shape index (κ2) is 5.07. The van der Waals surface area contributed by atoms with Crippen molar-refractivity contribution in [1.29, 1.82) is 0 Å². The molecule has 0 aliphatic heterocycles. The number of imidazole rings is 1. The zero-order valence-corrected chi connectivity index (χ0v) is 13.4. The van der Waals surface area contributed by atoms with Crippen LogP contribution in [0.4, 0.5) is 0 Å². The van der Waals surface area contributed by atoms with Crippen LogP contribution in [0.2, 0.25) is 0 Å². The van der Waals surface area contributed by atoms with E-state index in [1.165, 1.54) is 10.9 Å². The summed E-state index contributed by atoms with van der Waals surface area (Å²) in [7, 11) is 3.95. The molecule has 104 valence electrons. The Labute approximate surface area is 126 Å². The fourth-order valence-corrected chi connectivity index (χ4v) is 3.07. The van der Waals surface area contributed by atoms with Crippen LogP contribution in [0.15, 0.2) is 28.9 Å². The molecule has 0 fully saturated rings. The van der Waals surface area contributed by atoms with Gasteiger partial charge in [-0.1, -0.05) is 18.2 Å². The molecule has 0 radical (unpaired) electrons. The molecule has 0 amide bonds. The number of aromatic nitrogens is 3. The van der Waals surface area contributed by atoms with Crippen molar-refractivity contribution in [2.75, 3.05) is 7.05 Å². The summed E-state index contributed by atoms with van der Waals surface area (Å²) < 4.78 is 3.09. The molecule has 5 heteroatoms. The van der Waals surface area contributed by atoms with E-state index in [0.717, 1.165) is 33.9 Å². The Balaban J connectivity index is 2.26. The summed E-state index contributed by atoms with van der Waals surface area (Å²) >= 11 is 3.67. The number of nitrogens with zero attached hydrogens (tertiary/aromatic N) is 2. The standard InChI is InChI=1S/C15H17BrN4/c1-9-13(10-6-4-5-7-11(10)18-9)14-15(16)20(3)12(19-14)8-17-2/h4-7,17-18H,8H2,1-3H3. The smallest absolute Gasteiger partial charge is 0.124 e.